The van der Waals surface area contributed by atoms with E-state index in [1.165, 1.54) is 12.8 Å². The molecule has 1 atom stereocenters. The fraction of sp³-hybridized carbons (Fsp3) is 0.583. The quantitative estimate of drug-likeness (QED) is 0.841. The lowest BCUT2D eigenvalue weighted by atomic mass is 10.1. The molecule has 0 radical (unpaired) electrons. The molecule has 2 amide bonds. The highest BCUT2D eigenvalue weighted by molar-refractivity contribution is 6.06. The second-order valence-corrected chi connectivity index (χ2v) is 5.15. The number of hydrogen-bond donors (Lipinski definition) is 2. The molecule has 2 heterocycles. The summed E-state index contributed by atoms with van der Waals surface area (Å²) in [5, 5.41) is 14.8. The van der Waals surface area contributed by atoms with Crippen molar-refractivity contribution in [2.75, 3.05) is 6.54 Å². The third kappa shape index (κ3) is 1.68. The molecule has 1 aromatic heterocycles. The number of nitrogens with one attached hydrogen (secondary N) is 2. The van der Waals surface area contributed by atoms with Crippen LogP contribution in [0.4, 0.5) is 4.79 Å². The normalized spacial score (nSPS) is 23.7. The lowest BCUT2D eigenvalue weighted by Crippen LogP contribution is -2.31. The molecule has 2 fully saturated rings. The molecule has 1 aromatic rings. The standard InChI is InChI=1S/C12H17N5O/c1-7-9(5-14-16(7)2)10-11(13)15-12(18)17(10)6-8-3-4-8/h5,8,10H,3-4,6H2,1-2H3,(H2,13,15,18). The van der Waals surface area contributed by atoms with Gasteiger partial charge in [0.15, 0.2) is 0 Å². The number of aryl methyl sites for hydroxylation is 1. The minimum atomic E-state index is -0.285. The number of urea groups is 1. The minimum absolute atomic E-state index is 0.153. The van der Waals surface area contributed by atoms with Gasteiger partial charge in [0.05, 0.1) is 6.20 Å². The number of carbonyl (C=O) groups excluding carboxylic acids is 1. The molecule has 18 heavy (non-hydrogen) atoms. The average molecular weight is 247 g/mol. The van der Waals surface area contributed by atoms with Gasteiger partial charge in [0.1, 0.15) is 11.9 Å². The van der Waals surface area contributed by atoms with Crippen LogP contribution in [0.15, 0.2) is 6.20 Å². The van der Waals surface area contributed by atoms with Crippen molar-refractivity contribution in [3.8, 4) is 0 Å². The number of amides is 2. The summed E-state index contributed by atoms with van der Waals surface area (Å²) in [6, 6.07) is -0.438. The zero-order chi connectivity index (χ0) is 12.9. The average Bonchev–Trinajstić information content (AvgIpc) is 3.03. The van der Waals surface area contributed by atoms with Crippen LogP contribution in [0, 0.1) is 18.3 Å². The summed E-state index contributed by atoms with van der Waals surface area (Å²) in [6.45, 7) is 2.71. The smallest absolute Gasteiger partial charge is 0.310 e. The molecule has 0 bridgehead atoms. The van der Waals surface area contributed by atoms with Crippen LogP contribution < -0.4 is 5.32 Å². The Hall–Kier alpha value is -1.85. The predicted octanol–water partition coefficient (Wildman–Crippen LogP) is 1.18. The Kier molecular flexibility index (Phi) is 2.39. The molecule has 3 rings (SSSR count). The second kappa shape index (κ2) is 3.83. The Bertz CT molecular complexity index is 517. The molecule has 1 aliphatic carbocycles. The molecule has 1 aliphatic heterocycles. The molecule has 1 unspecified atom stereocenters. The lowest BCUT2D eigenvalue weighted by molar-refractivity contribution is 0.203. The van der Waals surface area contributed by atoms with Gasteiger partial charge in [-0.05, 0) is 25.7 Å². The van der Waals surface area contributed by atoms with Crippen LogP contribution in [0.2, 0.25) is 0 Å². The number of aromatic nitrogens is 2. The first kappa shape index (κ1) is 11.3. The molecular weight excluding hydrogens is 230 g/mol. The summed E-state index contributed by atoms with van der Waals surface area (Å²) < 4.78 is 1.78. The number of carbonyl (C=O) groups is 1. The van der Waals surface area contributed by atoms with Crippen molar-refractivity contribution >= 4 is 11.9 Å². The molecular formula is C12H17N5O. The first-order chi connectivity index (χ1) is 8.58. The topological polar surface area (TPSA) is 74.0 Å². The van der Waals surface area contributed by atoms with Crippen LogP contribution in [0.25, 0.3) is 0 Å². The van der Waals surface area contributed by atoms with Crippen molar-refractivity contribution < 1.29 is 4.79 Å². The number of hydrogen-bond acceptors (Lipinski definition) is 3. The fourth-order valence-corrected chi connectivity index (χ4v) is 2.40. The first-order valence-electron chi connectivity index (χ1n) is 6.22. The summed E-state index contributed by atoms with van der Waals surface area (Å²) >= 11 is 0. The van der Waals surface area contributed by atoms with E-state index in [2.05, 4.69) is 10.4 Å². The van der Waals surface area contributed by atoms with Gasteiger partial charge in [0, 0.05) is 24.8 Å². The van der Waals surface area contributed by atoms with Crippen LogP contribution in [-0.4, -0.2) is 33.1 Å². The summed E-state index contributed by atoms with van der Waals surface area (Å²) in [6.07, 6.45) is 4.14. The highest BCUT2D eigenvalue weighted by Crippen LogP contribution is 2.35. The lowest BCUT2D eigenvalue weighted by Gasteiger charge is -2.22. The molecule has 2 N–H and O–H groups in total. The van der Waals surface area contributed by atoms with E-state index < -0.39 is 0 Å². The summed E-state index contributed by atoms with van der Waals surface area (Å²) in [7, 11) is 1.87. The third-order valence-electron chi connectivity index (χ3n) is 3.81. The van der Waals surface area contributed by atoms with E-state index in [0.29, 0.717) is 5.92 Å². The van der Waals surface area contributed by atoms with Gasteiger partial charge in [-0.3, -0.25) is 15.4 Å². The van der Waals surface area contributed by atoms with Crippen LogP contribution in [0.5, 0.6) is 0 Å². The molecule has 1 saturated carbocycles. The van der Waals surface area contributed by atoms with Gasteiger partial charge >= 0.3 is 6.03 Å². The summed E-state index contributed by atoms with van der Waals surface area (Å²) in [4.78, 5) is 13.7. The first-order valence-corrected chi connectivity index (χ1v) is 6.22. The Morgan fingerprint density at radius 3 is 2.83 bits per heavy atom. The maximum Gasteiger partial charge on any atom is 0.323 e. The van der Waals surface area contributed by atoms with Gasteiger partial charge in [-0.2, -0.15) is 5.10 Å². The molecule has 6 heteroatoms. The zero-order valence-electron chi connectivity index (χ0n) is 10.6. The van der Waals surface area contributed by atoms with Crippen molar-refractivity contribution in [3.63, 3.8) is 0 Å². The highest BCUT2D eigenvalue weighted by Gasteiger charge is 2.41. The maximum atomic E-state index is 11.9. The Balaban J connectivity index is 1.93. The van der Waals surface area contributed by atoms with Crippen LogP contribution in [0.1, 0.15) is 30.1 Å². The van der Waals surface area contributed by atoms with E-state index in [1.54, 1.807) is 15.8 Å². The van der Waals surface area contributed by atoms with Crippen molar-refractivity contribution in [1.29, 1.82) is 5.41 Å². The number of rotatable bonds is 3. The molecule has 1 saturated heterocycles. The van der Waals surface area contributed by atoms with Crippen molar-refractivity contribution in [1.82, 2.24) is 20.0 Å². The van der Waals surface area contributed by atoms with Gasteiger partial charge in [-0.25, -0.2) is 4.79 Å². The maximum absolute atomic E-state index is 11.9. The van der Waals surface area contributed by atoms with E-state index in [0.717, 1.165) is 17.8 Å². The van der Waals surface area contributed by atoms with E-state index in [-0.39, 0.29) is 17.9 Å². The van der Waals surface area contributed by atoms with Gasteiger partial charge in [-0.1, -0.05) is 0 Å². The number of nitrogens with zero attached hydrogens (tertiary/aromatic N) is 3. The SMILES string of the molecule is Cc1c(C2C(=N)NC(=O)N2CC2CC2)cnn1C. The van der Waals surface area contributed by atoms with Crippen molar-refractivity contribution in [2.45, 2.75) is 25.8 Å². The minimum Gasteiger partial charge on any atom is -0.310 e. The van der Waals surface area contributed by atoms with Crippen LogP contribution in [0.3, 0.4) is 0 Å². The highest BCUT2D eigenvalue weighted by atomic mass is 16.2. The monoisotopic (exact) mass is 247 g/mol. The third-order valence-corrected chi connectivity index (χ3v) is 3.81. The van der Waals surface area contributed by atoms with E-state index in [4.69, 9.17) is 5.41 Å². The summed E-state index contributed by atoms with van der Waals surface area (Å²) in [5.74, 6) is 0.873. The predicted molar refractivity (Wildman–Crippen MR) is 66.4 cm³/mol. The van der Waals surface area contributed by atoms with Crippen molar-refractivity contribution in [3.05, 3.63) is 17.5 Å². The summed E-state index contributed by atoms with van der Waals surface area (Å²) in [5.41, 5.74) is 1.95. The zero-order valence-corrected chi connectivity index (χ0v) is 10.6. The Morgan fingerprint density at radius 1 is 1.56 bits per heavy atom. The second-order valence-electron chi connectivity index (χ2n) is 5.15. The van der Waals surface area contributed by atoms with Gasteiger partial charge in [0.25, 0.3) is 0 Å². The van der Waals surface area contributed by atoms with Crippen LogP contribution >= 0.6 is 0 Å². The number of amidine groups is 1. The van der Waals surface area contributed by atoms with E-state index in [9.17, 15) is 4.79 Å². The largest absolute Gasteiger partial charge is 0.323 e. The van der Waals surface area contributed by atoms with Crippen molar-refractivity contribution in [2.24, 2.45) is 13.0 Å². The Morgan fingerprint density at radius 2 is 2.28 bits per heavy atom. The molecule has 6 nitrogen and oxygen atoms in total. The van der Waals surface area contributed by atoms with Gasteiger partial charge in [-0.15, -0.1) is 0 Å². The molecule has 0 aromatic carbocycles. The van der Waals surface area contributed by atoms with E-state index >= 15 is 0 Å². The Labute approximate surface area is 105 Å². The molecule has 96 valence electrons. The molecule has 0 spiro atoms. The van der Waals surface area contributed by atoms with Gasteiger partial charge < -0.3 is 4.90 Å². The fourth-order valence-electron chi connectivity index (χ4n) is 2.40. The van der Waals surface area contributed by atoms with Crippen LogP contribution in [-0.2, 0) is 7.05 Å². The van der Waals surface area contributed by atoms with E-state index in [1.807, 2.05) is 14.0 Å². The van der Waals surface area contributed by atoms with Gasteiger partial charge in [0.2, 0.25) is 0 Å². The molecule has 2 aliphatic rings.